The highest BCUT2D eigenvalue weighted by Gasteiger charge is 2.37. The molecule has 1 aromatic heterocycles. The zero-order valence-corrected chi connectivity index (χ0v) is 10.8. The molecule has 19 heavy (non-hydrogen) atoms. The molecular weight excluding hydrogens is 248 g/mol. The first-order chi connectivity index (χ1) is 9.08. The van der Waals surface area contributed by atoms with Gasteiger partial charge >= 0.3 is 5.97 Å². The van der Waals surface area contributed by atoms with Gasteiger partial charge in [0.05, 0.1) is 18.8 Å². The second-order valence-corrected chi connectivity index (χ2v) is 4.84. The highest BCUT2D eigenvalue weighted by Crippen LogP contribution is 2.32. The van der Waals surface area contributed by atoms with Gasteiger partial charge in [-0.05, 0) is 37.8 Å². The molecule has 1 saturated carbocycles. The van der Waals surface area contributed by atoms with E-state index in [9.17, 15) is 9.59 Å². The predicted molar refractivity (Wildman–Crippen MR) is 67.3 cm³/mol. The van der Waals surface area contributed by atoms with Crippen molar-refractivity contribution in [2.75, 3.05) is 0 Å². The summed E-state index contributed by atoms with van der Waals surface area (Å²) in [5, 5.41) is 14.7. The van der Waals surface area contributed by atoms with Gasteiger partial charge in [0.15, 0.2) is 0 Å². The molecule has 2 atom stereocenters. The molecule has 2 rings (SSSR count). The van der Waals surface area contributed by atoms with Crippen molar-refractivity contribution in [1.29, 1.82) is 0 Å². The van der Waals surface area contributed by atoms with Crippen LogP contribution >= 0.6 is 0 Å². The van der Waals surface area contributed by atoms with E-state index in [-0.39, 0.29) is 11.8 Å². The Bertz CT molecular complexity index is 440. The van der Waals surface area contributed by atoms with E-state index in [0.717, 1.165) is 12.8 Å². The van der Waals surface area contributed by atoms with Gasteiger partial charge in [0.1, 0.15) is 11.8 Å². The number of carbonyl (C=O) groups excluding carboxylic acids is 1. The molecule has 1 fully saturated rings. The molecule has 104 valence electrons. The van der Waals surface area contributed by atoms with Crippen molar-refractivity contribution in [2.24, 2.45) is 5.92 Å². The average Bonchev–Trinajstić information content (AvgIpc) is 3.08. The fraction of sp³-hybridized carbons (Fsp3) is 0.538. The van der Waals surface area contributed by atoms with E-state index in [4.69, 9.17) is 9.52 Å². The van der Waals surface area contributed by atoms with Gasteiger partial charge in [-0.2, -0.15) is 0 Å². The Morgan fingerprint density at radius 3 is 2.79 bits per heavy atom. The first-order valence-electron chi connectivity index (χ1n) is 6.37. The molecule has 1 aliphatic rings. The fourth-order valence-corrected chi connectivity index (χ4v) is 1.92. The van der Waals surface area contributed by atoms with E-state index in [1.54, 1.807) is 19.1 Å². The van der Waals surface area contributed by atoms with Crippen molar-refractivity contribution in [3.63, 3.8) is 0 Å². The van der Waals surface area contributed by atoms with E-state index in [1.165, 1.54) is 6.26 Å². The summed E-state index contributed by atoms with van der Waals surface area (Å²) in [6, 6.07) is 2.33. The average molecular weight is 266 g/mol. The maximum atomic E-state index is 11.8. The van der Waals surface area contributed by atoms with Crippen molar-refractivity contribution in [3.05, 3.63) is 24.2 Å². The second-order valence-electron chi connectivity index (χ2n) is 4.84. The summed E-state index contributed by atoms with van der Waals surface area (Å²) in [6.07, 6.45) is 3.35. The van der Waals surface area contributed by atoms with Gasteiger partial charge in [-0.15, -0.1) is 0 Å². The van der Waals surface area contributed by atoms with Gasteiger partial charge in [0.25, 0.3) is 0 Å². The lowest BCUT2D eigenvalue weighted by Crippen LogP contribution is -2.50. The number of rotatable bonds is 7. The van der Waals surface area contributed by atoms with Crippen LogP contribution in [-0.2, 0) is 16.1 Å². The molecule has 0 radical (unpaired) electrons. The number of carbonyl (C=O) groups is 2. The van der Waals surface area contributed by atoms with Crippen molar-refractivity contribution in [1.82, 2.24) is 10.6 Å². The van der Waals surface area contributed by atoms with Crippen molar-refractivity contribution >= 4 is 11.9 Å². The molecule has 0 aromatic carbocycles. The molecule has 1 heterocycles. The summed E-state index contributed by atoms with van der Waals surface area (Å²) >= 11 is 0. The Kier molecular flexibility index (Phi) is 4.21. The molecule has 0 bridgehead atoms. The molecule has 0 spiro atoms. The summed E-state index contributed by atoms with van der Waals surface area (Å²) in [5.74, 6) is -0.313. The lowest BCUT2D eigenvalue weighted by Gasteiger charge is -2.19. The third kappa shape index (κ3) is 3.82. The minimum Gasteiger partial charge on any atom is -0.480 e. The number of amides is 1. The maximum Gasteiger partial charge on any atom is 0.321 e. The summed E-state index contributed by atoms with van der Waals surface area (Å²) in [5.41, 5.74) is 0. The molecule has 3 N–H and O–H groups in total. The maximum absolute atomic E-state index is 11.8. The third-order valence-corrected chi connectivity index (χ3v) is 3.20. The fourth-order valence-electron chi connectivity index (χ4n) is 1.92. The summed E-state index contributed by atoms with van der Waals surface area (Å²) in [4.78, 5) is 22.9. The van der Waals surface area contributed by atoms with E-state index in [1.807, 2.05) is 0 Å². The minimum atomic E-state index is -0.895. The van der Waals surface area contributed by atoms with Crippen LogP contribution in [0, 0.1) is 5.92 Å². The van der Waals surface area contributed by atoms with Gasteiger partial charge in [-0.25, -0.2) is 0 Å². The number of nitrogens with one attached hydrogen (secondary N) is 2. The van der Waals surface area contributed by atoms with Crippen LogP contribution in [0.4, 0.5) is 0 Å². The lowest BCUT2D eigenvalue weighted by atomic mass is 10.1. The topological polar surface area (TPSA) is 91.6 Å². The Morgan fingerprint density at radius 1 is 1.53 bits per heavy atom. The van der Waals surface area contributed by atoms with E-state index in [2.05, 4.69) is 10.6 Å². The van der Waals surface area contributed by atoms with Crippen molar-refractivity contribution in [3.8, 4) is 0 Å². The Balaban J connectivity index is 1.79. The Labute approximate surface area is 111 Å². The van der Waals surface area contributed by atoms with Crippen LogP contribution in [0.3, 0.4) is 0 Å². The van der Waals surface area contributed by atoms with Crippen LogP contribution in [0.25, 0.3) is 0 Å². The van der Waals surface area contributed by atoms with Crippen LogP contribution in [-0.4, -0.2) is 29.1 Å². The smallest absolute Gasteiger partial charge is 0.321 e. The van der Waals surface area contributed by atoms with E-state index in [0.29, 0.717) is 12.3 Å². The van der Waals surface area contributed by atoms with Crippen LogP contribution < -0.4 is 10.6 Å². The van der Waals surface area contributed by atoms with Gasteiger partial charge in [0, 0.05) is 0 Å². The second kappa shape index (κ2) is 5.88. The van der Waals surface area contributed by atoms with Gasteiger partial charge in [-0.1, -0.05) is 0 Å². The zero-order valence-electron chi connectivity index (χ0n) is 10.8. The predicted octanol–water partition coefficient (Wildman–Crippen LogP) is 0.737. The molecule has 1 aliphatic carbocycles. The molecule has 6 heteroatoms. The number of hydrogen-bond donors (Lipinski definition) is 3. The number of hydrogen-bond acceptors (Lipinski definition) is 4. The molecule has 0 saturated heterocycles. The van der Waals surface area contributed by atoms with Crippen molar-refractivity contribution < 1.29 is 19.1 Å². The van der Waals surface area contributed by atoms with Crippen LogP contribution in [0.1, 0.15) is 25.5 Å². The molecular formula is C13H18N2O4. The molecule has 1 amide bonds. The zero-order chi connectivity index (χ0) is 13.8. The first kappa shape index (κ1) is 13.6. The standard InChI is InChI=1S/C13H18N2O4/c1-8(15-11(13(17)18)9-4-5-9)12(16)14-7-10-3-2-6-19-10/h2-3,6,8-9,11,15H,4-5,7H2,1H3,(H,14,16)(H,17,18). The van der Waals surface area contributed by atoms with Gasteiger partial charge in [-0.3, -0.25) is 14.9 Å². The highest BCUT2D eigenvalue weighted by molar-refractivity contribution is 5.82. The van der Waals surface area contributed by atoms with Gasteiger partial charge in [0.2, 0.25) is 5.91 Å². The van der Waals surface area contributed by atoms with E-state index < -0.39 is 18.1 Å². The Morgan fingerprint density at radius 2 is 2.26 bits per heavy atom. The number of furan rings is 1. The first-order valence-corrected chi connectivity index (χ1v) is 6.37. The largest absolute Gasteiger partial charge is 0.480 e. The Hall–Kier alpha value is -1.82. The summed E-state index contributed by atoms with van der Waals surface area (Å²) in [6.45, 7) is 1.97. The third-order valence-electron chi connectivity index (χ3n) is 3.20. The highest BCUT2D eigenvalue weighted by atomic mass is 16.4. The molecule has 2 unspecified atom stereocenters. The SMILES string of the molecule is CC(NC(C(=O)O)C1CC1)C(=O)NCc1ccco1. The van der Waals surface area contributed by atoms with Crippen LogP contribution in [0.2, 0.25) is 0 Å². The number of aliphatic carboxylic acids is 1. The van der Waals surface area contributed by atoms with E-state index >= 15 is 0 Å². The monoisotopic (exact) mass is 266 g/mol. The number of carboxylic acid groups (broad SMARTS) is 1. The van der Waals surface area contributed by atoms with Crippen molar-refractivity contribution in [2.45, 2.75) is 38.4 Å². The van der Waals surface area contributed by atoms with Gasteiger partial charge < -0.3 is 14.8 Å². The van der Waals surface area contributed by atoms with Crippen LogP contribution in [0.5, 0.6) is 0 Å². The van der Waals surface area contributed by atoms with Crippen LogP contribution in [0.15, 0.2) is 22.8 Å². The number of carboxylic acids is 1. The minimum absolute atomic E-state index is 0.151. The normalized spacial score (nSPS) is 17.7. The molecule has 6 nitrogen and oxygen atoms in total. The molecule has 0 aliphatic heterocycles. The summed E-state index contributed by atoms with van der Waals surface area (Å²) < 4.78 is 5.10. The summed E-state index contributed by atoms with van der Waals surface area (Å²) in [7, 11) is 0. The molecule has 1 aromatic rings. The lowest BCUT2D eigenvalue weighted by molar-refractivity contribution is -0.140. The quantitative estimate of drug-likeness (QED) is 0.677.